The summed E-state index contributed by atoms with van der Waals surface area (Å²) in [7, 11) is 0. The highest BCUT2D eigenvalue weighted by molar-refractivity contribution is 5.46. The standard InChI is InChI=1S/C23H22N4/c1-4-10-19(11-5-1)16-22-23(25-26-24-22)27(17-20-12-6-2-7-13-20)18-21-14-8-3-9-15-21/h1-15H,16-18H2,(H,24,25,26). The van der Waals surface area contributed by atoms with Crippen LogP contribution in [0.2, 0.25) is 0 Å². The van der Waals surface area contributed by atoms with E-state index in [0.29, 0.717) is 0 Å². The molecule has 4 heteroatoms. The van der Waals surface area contributed by atoms with Crippen LogP contribution in [0.1, 0.15) is 22.4 Å². The number of rotatable bonds is 7. The van der Waals surface area contributed by atoms with E-state index in [9.17, 15) is 0 Å². The van der Waals surface area contributed by atoms with E-state index in [1.165, 1.54) is 16.7 Å². The van der Waals surface area contributed by atoms with Gasteiger partial charge in [-0.1, -0.05) is 96.2 Å². The lowest BCUT2D eigenvalue weighted by Gasteiger charge is -2.23. The van der Waals surface area contributed by atoms with Crippen molar-refractivity contribution in [1.29, 1.82) is 0 Å². The number of aromatic nitrogens is 3. The van der Waals surface area contributed by atoms with E-state index in [1.807, 2.05) is 18.2 Å². The summed E-state index contributed by atoms with van der Waals surface area (Å²) in [5.41, 5.74) is 4.78. The molecular formula is C23H22N4. The average Bonchev–Trinajstić information content (AvgIpc) is 3.18. The van der Waals surface area contributed by atoms with Crippen molar-refractivity contribution in [3.05, 3.63) is 113 Å². The summed E-state index contributed by atoms with van der Waals surface area (Å²) in [5, 5.41) is 11.6. The zero-order valence-electron chi connectivity index (χ0n) is 15.1. The maximum atomic E-state index is 4.43. The van der Waals surface area contributed by atoms with Crippen LogP contribution in [-0.4, -0.2) is 15.4 Å². The fraction of sp³-hybridized carbons (Fsp3) is 0.130. The number of nitrogens with one attached hydrogen (secondary N) is 1. The van der Waals surface area contributed by atoms with Gasteiger partial charge in [0, 0.05) is 19.5 Å². The van der Waals surface area contributed by atoms with Gasteiger partial charge >= 0.3 is 0 Å². The molecule has 4 aromatic rings. The number of aromatic amines is 1. The molecule has 0 saturated heterocycles. The van der Waals surface area contributed by atoms with Crippen LogP contribution in [0.4, 0.5) is 5.82 Å². The Hall–Kier alpha value is -3.40. The number of H-pyrrole nitrogens is 1. The van der Waals surface area contributed by atoms with Gasteiger partial charge in [-0.15, -0.1) is 5.10 Å². The number of nitrogens with zero attached hydrogens (tertiary/aromatic N) is 3. The molecule has 0 atom stereocenters. The molecule has 1 N–H and O–H groups in total. The highest BCUT2D eigenvalue weighted by atomic mass is 15.4. The van der Waals surface area contributed by atoms with Crippen LogP contribution in [0, 0.1) is 0 Å². The molecule has 0 amide bonds. The van der Waals surface area contributed by atoms with Crippen molar-refractivity contribution in [2.75, 3.05) is 4.90 Å². The first-order chi connectivity index (χ1) is 13.4. The van der Waals surface area contributed by atoms with Gasteiger partial charge in [-0.05, 0) is 16.7 Å². The Labute approximate surface area is 159 Å². The molecule has 0 unspecified atom stereocenters. The highest BCUT2D eigenvalue weighted by Gasteiger charge is 2.17. The first-order valence-electron chi connectivity index (χ1n) is 9.15. The third-order valence-corrected chi connectivity index (χ3v) is 4.56. The van der Waals surface area contributed by atoms with E-state index in [1.54, 1.807) is 0 Å². The lowest BCUT2D eigenvalue weighted by molar-refractivity contribution is 0.774. The van der Waals surface area contributed by atoms with Crippen LogP contribution >= 0.6 is 0 Å². The quantitative estimate of drug-likeness (QED) is 0.527. The monoisotopic (exact) mass is 354 g/mol. The summed E-state index contributed by atoms with van der Waals surface area (Å²) in [6, 6.07) is 31.4. The first-order valence-corrected chi connectivity index (χ1v) is 9.15. The molecule has 1 heterocycles. The predicted octanol–water partition coefficient (Wildman–Crippen LogP) is 4.60. The molecule has 0 aliphatic heterocycles. The first kappa shape index (κ1) is 17.0. The number of hydrogen-bond donors (Lipinski definition) is 1. The summed E-state index contributed by atoms with van der Waals surface area (Å²) >= 11 is 0. The van der Waals surface area contributed by atoms with Gasteiger partial charge in [-0.3, -0.25) is 5.10 Å². The Morgan fingerprint density at radius 2 is 1.11 bits per heavy atom. The second-order valence-electron chi connectivity index (χ2n) is 6.60. The van der Waals surface area contributed by atoms with E-state index >= 15 is 0 Å². The van der Waals surface area contributed by atoms with Crippen molar-refractivity contribution in [3.63, 3.8) is 0 Å². The molecule has 1 aromatic heterocycles. The number of anilines is 1. The molecule has 0 aliphatic carbocycles. The van der Waals surface area contributed by atoms with Crippen molar-refractivity contribution in [3.8, 4) is 0 Å². The van der Waals surface area contributed by atoms with Gasteiger partial charge < -0.3 is 4.90 Å². The van der Waals surface area contributed by atoms with E-state index in [-0.39, 0.29) is 0 Å². The van der Waals surface area contributed by atoms with Crippen LogP contribution in [-0.2, 0) is 19.5 Å². The summed E-state index contributed by atoms with van der Waals surface area (Å²) in [6.45, 7) is 1.56. The second-order valence-corrected chi connectivity index (χ2v) is 6.60. The van der Waals surface area contributed by atoms with Crippen molar-refractivity contribution in [2.45, 2.75) is 19.5 Å². The van der Waals surface area contributed by atoms with E-state index < -0.39 is 0 Å². The minimum absolute atomic E-state index is 0.781. The normalized spacial score (nSPS) is 10.7. The molecule has 0 radical (unpaired) electrons. The summed E-state index contributed by atoms with van der Waals surface area (Å²) in [5.74, 6) is 0.909. The fourth-order valence-electron chi connectivity index (χ4n) is 3.23. The van der Waals surface area contributed by atoms with E-state index in [2.05, 4.69) is 93.1 Å². The molecule has 3 aromatic carbocycles. The number of hydrogen-bond acceptors (Lipinski definition) is 3. The van der Waals surface area contributed by atoms with Crippen molar-refractivity contribution < 1.29 is 0 Å². The lowest BCUT2D eigenvalue weighted by atomic mass is 10.1. The second kappa shape index (κ2) is 8.32. The zero-order chi connectivity index (χ0) is 18.3. The Kier molecular flexibility index (Phi) is 5.25. The van der Waals surface area contributed by atoms with Crippen LogP contribution in [0.15, 0.2) is 91.0 Å². The van der Waals surface area contributed by atoms with Crippen molar-refractivity contribution >= 4 is 5.82 Å². The third kappa shape index (κ3) is 4.42. The minimum atomic E-state index is 0.781. The third-order valence-electron chi connectivity index (χ3n) is 4.56. The Bertz CT molecular complexity index is 908. The topological polar surface area (TPSA) is 44.8 Å². The van der Waals surface area contributed by atoms with Gasteiger partial charge in [0.25, 0.3) is 0 Å². The highest BCUT2D eigenvalue weighted by Crippen LogP contribution is 2.23. The molecule has 134 valence electrons. The van der Waals surface area contributed by atoms with Gasteiger partial charge in [0.15, 0.2) is 5.82 Å². The molecule has 4 nitrogen and oxygen atoms in total. The van der Waals surface area contributed by atoms with Crippen LogP contribution in [0.25, 0.3) is 0 Å². The number of benzene rings is 3. The summed E-state index contributed by atoms with van der Waals surface area (Å²) < 4.78 is 0. The predicted molar refractivity (Wildman–Crippen MR) is 108 cm³/mol. The summed E-state index contributed by atoms with van der Waals surface area (Å²) in [4.78, 5) is 2.28. The van der Waals surface area contributed by atoms with Gasteiger partial charge in [-0.2, -0.15) is 0 Å². The smallest absolute Gasteiger partial charge is 0.175 e. The SMILES string of the molecule is c1ccc(Cc2[nH]nnc2N(Cc2ccccc2)Cc2ccccc2)cc1. The fourth-order valence-corrected chi connectivity index (χ4v) is 3.23. The maximum Gasteiger partial charge on any atom is 0.175 e. The summed E-state index contributed by atoms with van der Waals surface area (Å²) in [6.07, 6.45) is 0.781. The molecule has 0 aliphatic rings. The maximum absolute atomic E-state index is 4.43. The molecule has 4 rings (SSSR count). The zero-order valence-corrected chi connectivity index (χ0v) is 15.1. The van der Waals surface area contributed by atoms with Crippen LogP contribution in [0.3, 0.4) is 0 Å². The van der Waals surface area contributed by atoms with Gasteiger partial charge in [0.1, 0.15) is 0 Å². The van der Waals surface area contributed by atoms with Crippen molar-refractivity contribution in [2.24, 2.45) is 0 Å². The van der Waals surface area contributed by atoms with Gasteiger partial charge in [0.2, 0.25) is 0 Å². The molecule has 0 spiro atoms. The largest absolute Gasteiger partial charge is 0.345 e. The molecule has 0 fully saturated rings. The Morgan fingerprint density at radius 3 is 1.63 bits per heavy atom. The van der Waals surface area contributed by atoms with Gasteiger partial charge in [-0.25, -0.2) is 0 Å². The molecule has 0 saturated carbocycles. The van der Waals surface area contributed by atoms with E-state index in [4.69, 9.17) is 0 Å². The average molecular weight is 354 g/mol. The minimum Gasteiger partial charge on any atom is -0.345 e. The Morgan fingerprint density at radius 1 is 0.630 bits per heavy atom. The Balaban J connectivity index is 1.63. The molecule has 27 heavy (non-hydrogen) atoms. The van der Waals surface area contributed by atoms with Crippen LogP contribution in [0.5, 0.6) is 0 Å². The van der Waals surface area contributed by atoms with E-state index in [0.717, 1.165) is 31.0 Å². The molecule has 0 bridgehead atoms. The molecular weight excluding hydrogens is 332 g/mol. The van der Waals surface area contributed by atoms with Gasteiger partial charge in [0.05, 0.1) is 5.69 Å². The van der Waals surface area contributed by atoms with Crippen molar-refractivity contribution in [1.82, 2.24) is 15.4 Å². The van der Waals surface area contributed by atoms with Crippen LogP contribution < -0.4 is 4.90 Å². The lowest BCUT2D eigenvalue weighted by Crippen LogP contribution is -2.23.